The van der Waals surface area contributed by atoms with E-state index in [9.17, 15) is 15.0 Å². The van der Waals surface area contributed by atoms with E-state index < -0.39 is 5.91 Å². The zero-order valence-electron chi connectivity index (χ0n) is 13.6. The number of amides is 1. The van der Waals surface area contributed by atoms with Crippen LogP contribution in [0.15, 0.2) is 54.9 Å². The van der Waals surface area contributed by atoms with Gasteiger partial charge in [-0.2, -0.15) is 0 Å². The molecule has 1 heterocycles. The van der Waals surface area contributed by atoms with Crippen LogP contribution in [0.4, 0.5) is 0 Å². The monoisotopic (exact) mass is 337 g/mol. The fourth-order valence-corrected chi connectivity index (χ4v) is 2.84. The third-order valence-corrected chi connectivity index (χ3v) is 3.90. The predicted octanol–water partition coefficient (Wildman–Crippen LogP) is 1.96. The molecule has 2 aromatic carbocycles. The molecule has 4 N–H and O–H groups in total. The standard InChI is InChI=1S/C19H19N3O3/c20-19(25)10-18-17(8-13-4-2-1-3-5-13)21-12-22(18)11-14-6-15(23)9-16(24)7-14/h1-7,9,12,23-24H,8,10-11H2,(H2,20,25). The minimum absolute atomic E-state index is 0.0175. The van der Waals surface area contributed by atoms with Crippen LogP contribution in [0.5, 0.6) is 11.5 Å². The normalized spacial score (nSPS) is 10.7. The second-order valence-electron chi connectivity index (χ2n) is 5.93. The number of imidazole rings is 1. The third kappa shape index (κ3) is 4.17. The molecule has 0 aliphatic rings. The molecule has 6 heteroatoms. The van der Waals surface area contributed by atoms with Gasteiger partial charge in [0.15, 0.2) is 0 Å². The average molecular weight is 337 g/mol. The molecule has 25 heavy (non-hydrogen) atoms. The van der Waals surface area contributed by atoms with Crippen LogP contribution in [0.2, 0.25) is 0 Å². The van der Waals surface area contributed by atoms with Gasteiger partial charge in [0.2, 0.25) is 5.91 Å². The van der Waals surface area contributed by atoms with Crippen LogP contribution in [0.3, 0.4) is 0 Å². The first-order chi connectivity index (χ1) is 12.0. The Balaban J connectivity index is 1.92. The van der Waals surface area contributed by atoms with Gasteiger partial charge >= 0.3 is 0 Å². The van der Waals surface area contributed by atoms with Gasteiger partial charge in [0.1, 0.15) is 11.5 Å². The van der Waals surface area contributed by atoms with Gasteiger partial charge in [-0.1, -0.05) is 30.3 Å². The Morgan fingerprint density at radius 3 is 2.36 bits per heavy atom. The van der Waals surface area contributed by atoms with Crippen molar-refractivity contribution >= 4 is 5.91 Å². The molecular weight excluding hydrogens is 318 g/mol. The minimum atomic E-state index is -0.435. The number of nitrogens with zero attached hydrogens (tertiary/aromatic N) is 2. The Labute approximate surface area is 145 Å². The fourth-order valence-electron chi connectivity index (χ4n) is 2.84. The smallest absolute Gasteiger partial charge is 0.223 e. The molecule has 0 saturated carbocycles. The largest absolute Gasteiger partial charge is 0.508 e. The highest BCUT2D eigenvalue weighted by Crippen LogP contribution is 2.22. The van der Waals surface area contributed by atoms with E-state index in [1.165, 1.54) is 6.07 Å². The maximum Gasteiger partial charge on any atom is 0.223 e. The molecule has 0 aliphatic carbocycles. The third-order valence-electron chi connectivity index (χ3n) is 3.90. The summed E-state index contributed by atoms with van der Waals surface area (Å²) < 4.78 is 1.82. The lowest BCUT2D eigenvalue weighted by molar-refractivity contribution is -0.117. The number of rotatable bonds is 6. The zero-order chi connectivity index (χ0) is 17.8. The lowest BCUT2D eigenvalue weighted by atomic mass is 10.1. The SMILES string of the molecule is NC(=O)Cc1c(Cc2ccccc2)ncn1Cc1cc(O)cc(O)c1. The predicted molar refractivity (Wildman–Crippen MR) is 93.2 cm³/mol. The summed E-state index contributed by atoms with van der Waals surface area (Å²) in [5, 5.41) is 19.3. The number of hydrogen-bond donors (Lipinski definition) is 3. The number of primary amides is 1. The van der Waals surface area contributed by atoms with Crippen LogP contribution in [0.25, 0.3) is 0 Å². The van der Waals surface area contributed by atoms with Crippen molar-refractivity contribution in [1.29, 1.82) is 0 Å². The first-order valence-corrected chi connectivity index (χ1v) is 7.88. The molecule has 128 valence electrons. The summed E-state index contributed by atoms with van der Waals surface area (Å²) in [4.78, 5) is 15.9. The lowest BCUT2D eigenvalue weighted by Gasteiger charge is -2.10. The number of aromatic nitrogens is 2. The van der Waals surface area contributed by atoms with Gasteiger partial charge in [0, 0.05) is 19.0 Å². The number of benzene rings is 2. The van der Waals surface area contributed by atoms with E-state index >= 15 is 0 Å². The topological polar surface area (TPSA) is 101 Å². The molecule has 0 unspecified atom stereocenters. The number of phenolic OH excluding ortho intramolecular Hbond substituents is 2. The highest BCUT2D eigenvalue weighted by Gasteiger charge is 2.14. The van der Waals surface area contributed by atoms with Crippen molar-refractivity contribution in [1.82, 2.24) is 9.55 Å². The molecule has 0 radical (unpaired) electrons. The summed E-state index contributed by atoms with van der Waals surface area (Å²) in [6, 6.07) is 14.2. The van der Waals surface area contributed by atoms with Crippen LogP contribution >= 0.6 is 0 Å². The molecule has 0 saturated heterocycles. The van der Waals surface area contributed by atoms with Crippen LogP contribution in [0.1, 0.15) is 22.5 Å². The average Bonchev–Trinajstić information content (AvgIpc) is 2.89. The highest BCUT2D eigenvalue weighted by atomic mass is 16.3. The Morgan fingerprint density at radius 2 is 1.72 bits per heavy atom. The number of phenols is 2. The maximum absolute atomic E-state index is 11.5. The first kappa shape index (κ1) is 16.6. The van der Waals surface area contributed by atoms with E-state index in [0.29, 0.717) is 18.5 Å². The Bertz CT molecular complexity index is 868. The summed E-state index contributed by atoms with van der Waals surface area (Å²) in [7, 11) is 0. The van der Waals surface area contributed by atoms with Crippen molar-refractivity contribution in [2.75, 3.05) is 0 Å². The second kappa shape index (κ2) is 7.09. The summed E-state index contributed by atoms with van der Waals surface area (Å²) in [6.07, 6.45) is 2.33. The van der Waals surface area contributed by atoms with Crippen molar-refractivity contribution in [2.45, 2.75) is 19.4 Å². The molecule has 0 bridgehead atoms. The molecule has 0 spiro atoms. The molecule has 3 aromatic rings. The van der Waals surface area contributed by atoms with Gasteiger partial charge in [-0.15, -0.1) is 0 Å². The van der Waals surface area contributed by atoms with Crippen LogP contribution in [0, 0.1) is 0 Å². The van der Waals surface area contributed by atoms with Crippen molar-refractivity contribution in [3.8, 4) is 11.5 Å². The Kier molecular flexibility index (Phi) is 4.70. The molecule has 1 aromatic heterocycles. The Hall–Kier alpha value is -3.28. The summed E-state index contributed by atoms with van der Waals surface area (Å²) in [5.74, 6) is -0.470. The van der Waals surface area contributed by atoms with E-state index in [4.69, 9.17) is 5.73 Å². The van der Waals surface area contributed by atoms with E-state index in [1.54, 1.807) is 18.5 Å². The quantitative estimate of drug-likeness (QED) is 0.640. The van der Waals surface area contributed by atoms with Crippen LogP contribution in [-0.4, -0.2) is 25.7 Å². The summed E-state index contributed by atoms with van der Waals surface area (Å²) in [5.41, 5.74) is 8.71. The van der Waals surface area contributed by atoms with Gasteiger partial charge < -0.3 is 20.5 Å². The number of carbonyl (C=O) groups is 1. The van der Waals surface area contributed by atoms with Gasteiger partial charge in [-0.25, -0.2) is 4.98 Å². The zero-order valence-corrected chi connectivity index (χ0v) is 13.6. The molecule has 6 nitrogen and oxygen atoms in total. The van der Waals surface area contributed by atoms with Crippen LogP contribution < -0.4 is 5.73 Å². The van der Waals surface area contributed by atoms with E-state index in [2.05, 4.69) is 4.98 Å². The number of nitrogens with two attached hydrogens (primary N) is 1. The molecule has 0 fully saturated rings. The fraction of sp³-hybridized carbons (Fsp3) is 0.158. The summed E-state index contributed by atoms with van der Waals surface area (Å²) >= 11 is 0. The van der Waals surface area contributed by atoms with Crippen molar-refractivity contribution in [3.63, 3.8) is 0 Å². The molecular formula is C19H19N3O3. The molecule has 1 amide bonds. The van der Waals surface area contributed by atoms with Gasteiger partial charge in [-0.3, -0.25) is 4.79 Å². The number of carbonyl (C=O) groups excluding carboxylic acids is 1. The van der Waals surface area contributed by atoms with Crippen molar-refractivity contribution in [3.05, 3.63) is 77.4 Å². The van der Waals surface area contributed by atoms with Crippen molar-refractivity contribution < 1.29 is 15.0 Å². The molecule has 0 aliphatic heterocycles. The molecule has 3 rings (SSSR count). The maximum atomic E-state index is 11.5. The lowest BCUT2D eigenvalue weighted by Crippen LogP contribution is -2.18. The summed E-state index contributed by atoms with van der Waals surface area (Å²) in [6.45, 7) is 0.367. The van der Waals surface area contributed by atoms with E-state index in [1.807, 2.05) is 34.9 Å². The van der Waals surface area contributed by atoms with Gasteiger partial charge in [-0.05, 0) is 23.3 Å². The van der Waals surface area contributed by atoms with Gasteiger partial charge in [0.05, 0.1) is 24.1 Å². The van der Waals surface area contributed by atoms with E-state index in [-0.39, 0.29) is 17.9 Å². The van der Waals surface area contributed by atoms with Gasteiger partial charge in [0.25, 0.3) is 0 Å². The second-order valence-corrected chi connectivity index (χ2v) is 5.93. The first-order valence-electron chi connectivity index (χ1n) is 7.88. The molecule has 0 atom stereocenters. The van der Waals surface area contributed by atoms with Crippen molar-refractivity contribution in [2.24, 2.45) is 5.73 Å². The number of hydrogen-bond acceptors (Lipinski definition) is 4. The van der Waals surface area contributed by atoms with E-state index in [0.717, 1.165) is 17.0 Å². The Morgan fingerprint density at radius 1 is 1.04 bits per heavy atom. The highest BCUT2D eigenvalue weighted by molar-refractivity contribution is 5.76. The number of aromatic hydroxyl groups is 2. The minimum Gasteiger partial charge on any atom is -0.508 e. The van der Waals surface area contributed by atoms with Crippen LogP contribution in [-0.2, 0) is 24.2 Å².